The number of aryl methyl sites for hydroxylation is 1. The molecular formula is C14H17N5. The fourth-order valence-electron chi connectivity index (χ4n) is 3.35. The Bertz CT molecular complexity index is 618. The fraction of sp³-hybridized carbons (Fsp3) is 0.429. The second-order valence-electron chi connectivity index (χ2n) is 5.42. The molecule has 0 spiro atoms. The summed E-state index contributed by atoms with van der Waals surface area (Å²) in [6.07, 6.45) is 4.15. The molecule has 2 N–H and O–H groups in total. The van der Waals surface area contributed by atoms with Gasteiger partial charge in [-0.2, -0.15) is 0 Å². The maximum atomic E-state index is 5.87. The molecule has 1 aliphatic heterocycles. The number of nitrogens with zero attached hydrogens (tertiary/aromatic N) is 4. The minimum Gasteiger partial charge on any atom is -0.399 e. The highest BCUT2D eigenvalue weighted by Gasteiger charge is 2.30. The van der Waals surface area contributed by atoms with E-state index in [1.165, 1.54) is 17.5 Å². The van der Waals surface area contributed by atoms with E-state index in [0.29, 0.717) is 6.04 Å². The summed E-state index contributed by atoms with van der Waals surface area (Å²) in [6, 6.07) is 6.86. The molecule has 4 rings (SSSR count). The van der Waals surface area contributed by atoms with Crippen LogP contribution in [0.15, 0.2) is 24.5 Å². The van der Waals surface area contributed by atoms with Gasteiger partial charge in [-0.1, -0.05) is 6.07 Å². The molecule has 2 aromatic rings. The third-order valence-corrected chi connectivity index (χ3v) is 4.32. The van der Waals surface area contributed by atoms with Gasteiger partial charge in [-0.15, -0.1) is 10.2 Å². The van der Waals surface area contributed by atoms with Crippen molar-refractivity contribution in [1.82, 2.24) is 19.7 Å². The average molecular weight is 255 g/mol. The first-order valence-corrected chi connectivity index (χ1v) is 6.80. The van der Waals surface area contributed by atoms with E-state index in [1.807, 2.05) is 12.4 Å². The van der Waals surface area contributed by atoms with Gasteiger partial charge >= 0.3 is 0 Å². The molecule has 5 heteroatoms. The topological polar surface area (TPSA) is 60.0 Å². The molecule has 98 valence electrons. The lowest BCUT2D eigenvalue weighted by Crippen LogP contribution is -2.35. The van der Waals surface area contributed by atoms with Crippen LogP contribution in [0.2, 0.25) is 0 Å². The van der Waals surface area contributed by atoms with E-state index in [0.717, 1.165) is 37.6 Å². The van der Waals surface area contributed by atoms with Crippen LogP contribution in [0.1, 0.15) is 29.4 Å². The lowest BCUT2D eigenvalue weighted by Gasteiger charge is -2.32. The second-order valence-corrected chi connectivity index (χ2v) is 5.42. The van der Waals surface area contributed by atoms with Gasteiger partial charge in [0.05, 0.1) is 6.54 Å². The Morgan fingerprint density at radius 1 is 1.26 bits per heavy atom. The molecular weight excluding hydrogens is 238 g/mol. The highest BCUT2D eigenvalue weighted by Crippen LogP contribution is 2.37. The summed E-state index contributed by atoms with van der Waals surface area (Å²) in [5.41, 5.74) is 9.60. The normalized spacial score (nSPS) is 22.2. The van der Waals surface area contributed by atoms with Crippen LogP contribution in [0.5, 0.6) is 0 Å². The summed E-state index contributed by atoms with van der Waals surface area (Å²) in [6.45, 7) is 2.96. The van der Waals surface area contributed by atoms with Crippen LogP contribution in [-0.4, -0.2) is 26.2 Å². The van der Waals surface area contributed by atoms with Crippen molar-refractivity contribution in [3.05, 3.63) is 41.5 Å². The van der Waals surface area contributed by atoms with Crippen molar-refractivity contribution in [3.63, 3.8) is 0 Å². The molecule has 0 amide bonds. The molecule has 0 saturated heterocycles. The molecule has 1 aliphatic carbocycles. The van der Waals surface area contributed by atoms with Gasteiger partial charge in [0.2, 0.25) is 0 Å². The summed E-state index contributed by atoms with van der Waals surface area (Å²) >= 11 is 0. The van der Waals surface area contributed by atoms with E-state index < -0.39 is 0 Å². The zero-order chi connectivity index (χ0) is 12.8. The summed E-state index contributed by atoms with van der Waals surface area (Å²) in [7, 11) is 0. The SMILES string of the molecule is Nc1ccc2c(c1)CCC2N1CCn2cnnc2C1. The summed E-state index contributed by atoms with van der Waals surface area (Å²) in [4.78, 5) is 2.52. The summed E-state index contributed by atoms with van der Waals surface area (Å²) in [5.74, 6) is 1.08. The molecule has 2 heterocycles. The van der Waals surface area contributed by atoms with E-state index in [4.69, 9.17) is 5.73 Å². The molecule has 19 heavy (non-hydrogen) atoms. The largest absolute Gasteiger partial charge is 0.399 e. The zero-order valence-corrected chi connectivity index (χ0v) is 10.8. The second kappa shape index (κ2) is 4.06. The number of fused-ring (bicyclic) bond motifs is 2. The van der Waals surface area contributed by atoms with Crippen LogP contribution in [0, 0.1) is 0 Å². The maximum absolute atomic E-state index is 5.87. The number of hydrogen-bond acceptors (Lipinski definition) is 4. The van der Waals surface area contributed by atoms with E-state index >= 15 is 0 Å². The molecule has 2 aliphatic rings. The Kier molecular flexibility index (Phi) is 2.35. The average Bonchev–Trinajstić information content (AvgIpc) is 3.02. The Labute approximate surface area is 112 Å². The monoisotopic (exact) mass is 255 g/mol. The number of hydrogen-bond donors (Lipinski definition) is 1. The molecule has 0 radical (unpaired) electrons. The third-order valence-electron chi connectivity index (χ3n) is 4.32. The molecule has 1 aromatic carbocycles. The Morgan fingerprint density at radius 2 is 2.21 bits per heavy atom. The maximum Gasteiger partial charge on any atom is 0.147 e. The lowest BCUT2D eigenvalue weighted by molar-refractivity contribution is 0.152. The van der Waals surface area contributed by atoms with Gasteiger partial charge in [-0.05, 0) is 36.1 Å². The van der Waals surface area contributed by atoms with Gasteiger partial charge in [0, 0.05) is 24.8 Å². The molecule has 0 fully saturated rings. The third kappa shape index (κ3) is 1.73. The zero-order valence-electron chi connectivity index (χ0n) is 10.8. The van der Waals surface area contributed by atoms with Crippen LogP contribution in [0.25, 0.3) is 0 Å². The molecule has 1 aromatic heterocycles. The number of aromatic nitrogens is 3. The van der Waals surface area contributed by atoms with Crippen molar-refractivity contribution < 1.29 is 0 Å². The van der Waals surface area contributed by atoms with Crippen molar-refractivity contribution >= 4 is 5.69 Å². The molecule has 0 bridgehead atoms. The van der Waals surface area contributed by atoms with Crippen LogP contribution in [0.3, 0.4) is 0 Å². The van der Waals surface area contributed by atoms with Gasteiger partial charge in [0.15, 0.2) is 0 Å². The Hall–Kier alpha value is -1.88. The van der Waals surface area contributed by atoms with Crippen molar-refractivity contribution in [2.45, 2.75) is 32.0 Å². The summed E-state index contributed by atoms with van der Waals surface area (Å²) in [5, 5.41) is 8.19. The number of benzene rings is 1. The van der Waals surface area contributed by atoms with Gasteiger partial charge in [-0.25, -0.2) is 0 Å². The van der Waals surface area contributed by atoms with Crippen LogP contribution >= 0.6 is 0 Å². The molecule has 1 atom stereocenters. The van der Waals surface area contributed by atoms with Crippen molar-refractivity contribution in [1.29, 1.82) is 0 Å². The van der Waals surface area contributed by atoms with E-state index in [2.05, 4.69) is 31.8 Å². The number of nitrogens with two attached hydrogens (primary N) is 1. The standard InChI is InChI=1S/C14H17N5/c15-11-2-3-12-10(7-11)1-4-13(12)18-5-6-19-9-16-17-14(19)8-18/h2-3,7,9,13H,1,4-6,8,15H2. The van der Waals surface area contributed by atoms with Gasteiger partial charge < -0.3 is 10.3 Å². The first kappa shape index (κ1) is 11.0. The van der Waals surface area contributed by atoms with Crippen LogP contribution in [0.4, 0.5) is 5.69 Å². The van der Waals surface area contributed by atoms with Gasteiger partial charge in [0.25, 0.3) is 0 Å². The minimum atomic E-state index is 0.515. The van der Waals surface area contributed by atoms with Gasteiger partial charge in [0.1, 0.15) is 12.2 Å². The highest BCUT2D eigenvalue weighted by molar-refractivity contribution is 5.47. The number of rotatable bonds is 1. The number of nitrogen functional groups attached to an aromatic ring is 1. The van der Waals surface area contributed by atoms with Crippen molar-refractivity contribution in [3.8, 4) is 0 Å². The van der Waals surface area contributed by atoms with E-state index in [9.17, 15) is 0 Å². The van der Waals surface area contributed by atoms with Gasteiger partial charge in [-0.3, -0.25) is 4.90 Å². The highest BCUT2D eigenvalue weighted by atomic mass is 15.3. The first-order valence-electron chi connectivity index (χ1n) is 6.80. The first-order chi connectivity index (χ1) is 9.31. The molecule has 1 unspecified atom stereocenters. The fourth-order valence-corrected chi connectivity index (χ4v) is 3.35. The van der Waals surface area contributed by atoms with Crippen molar-refractivity contribution in [2.24, 2.45) is 0 Å². The predicted molar refractivity (Wildman–Crippen MR) is 72.3 cm³/mol. The summed E-state index contributed by atoms with van der Waals surface area (Å²) < 4.78 is 2.15. The Balaban J connectivity index is 1.63. The van der Waals surface area contributed by atoms with E-state index in [-0.39, 0.29) is 0 Å². The smallest absolute Gasteiger partial charge is 0.147 e. The molecule has 0 saturated carbocycles. The van der Waals surface area contributed by atoms with Crippen LogP contribution in [-0.2, 0) is 19.5 Å². The van der Waals surface area contributed by atoms with E-state index in [1.54, 1.807) is 0 Å². The number of anilines is 1. The predicted octanol–water partition coefficient (Wildman–Crippen LogP) is 1.36. The van der Waals surface area contributed by atoms with Crippen molar-refractivity contribution in [2.75, 3.05) is 12.3 Å². The lowest BCUT2D eigenvalue weighted by atomic mass is 10.1. The Morgan fingerprint density at radius 3 is 3.16 bits per heavy atom. The minimum absolute atomic E-state index is 0.515. The quantitative estimate of drug-likeness (QED) is 0.782. The van der Waals surface area contributed by atoms with Crippen LogP contribution < -0.4 is 5.73 Å². The molecule has 5 nitrogen and oxygen atoms in total.